The second kappa shape index (κ2) is 6.94. The number of hydrogen-bond donors (Lipinski definition) is 0. The number of fused-ring (bicyclic) bond motifs is 5. The molecule has 0 atom stereocenters. The molecule has 0 N–H and O–H groups in total. The molecule has 3 heteroatoms. The number of furan rings is 1. The molecule has 3 nitrogen and oxygen atoms in total. The van der Waals surface area contributed by atoms with Crippen LogP contribution in [0.15, 0.2) is 65.1 Å². The fourth-order valence-corrected chi connectivity index (χ4v) is 4.96. The summed E-state index contributed by atoms with van der Waals surface area (Å²) >= 11 is 0. The van der Waals surface area contributed by atoms with E-state index in [1.165, 1.54) is 33.3 Å². The summed E-state index contributed by atoms with van der Waals surface area (Å²) in [4.78, 5) is 2.31. The first-order chi connectivity index (χ1) is 14.8. The summed E-state index contributed by atoms with van der Waals surface area (Å²) < 4.78 is 12.8. The minimum atomic E-state index is 0.770. The van der Waals surface area contributed by atoms with Crippen LogP contribution >= 0.6 is 0 Å². The molecule has 3 heterocycles. The maximum atomic E-state index is 6.57. The molecule has 2 aliphatic rings. The molecule has 0 amide bonds. The van der Waals surface area contributed by atoms with Crippen molar-refractivity contribution in [3.8, 4) is 5.75 Å². The molecule has 2 aliphatic heterocycles. The molecule has 6 rings (SSSR count). The van der Waals surface area contributed by atoms with E-state index in [0.717, 1.165) is 61.6 Å². The van der Waals surface area contributed by atoms with Crippen molar-refractivity contribution in [3.05, 3.63) is 82.9 Å². The predicted octanol–water partition coefficient (Wildman–Crippen LogP) is 7.02. The highest BCUT2D eigenvalue weighted by Gasteiger charge is 2.29. The van der Waals surface area contributed by atoms with Gasteiger partial charge in [0.05, 0.1) is 18.0 Å². The highest BCUT2D eigenvalue weighted by atomic mass is 16.5. The van der Waals surface area contributed by atoms with Gasteiger partial charge < -0.3 is 9.15 Å². The molecule has 3 aromatic carbocycles. The molecule has 0 unspecified atom stereocenters. The highest BCUT2D eigenvalue weighted by molar-refractivity contribution is 5.92. The van der Waals surface area contributed by atoms with E-state index in [1.54, 1.807) is 0 Å². The number of anilines is 3. The van der Waals surface area contributed by atoms with E-state index in [1.807, 2.05) is 0 Å². The Balaban J connectivity index is 1.67. The topological polar surface area (TPSA) is 25.6 Å². The minimum Gasteiger partial charge on any atom is -0.491 e. The molecule has 150 valence electrons. The number of benzene rings is 3. The van der Waals surface area contributed by atoms with Gasteiger partial charge in [-0.2, -0.15) is 0 Å². The van der Waals surface area contributed by atoms with Gasteiger partial charge in [0.2, 0.25) is 5.88 Å². The zero-order valence-corrected chi connectivity index (χ0v) is 17.3. The average molecular weight is 396 g/mol. The Hall–Kier alpha value is -3.20. The molecule has 0 radical (unpaired) electrons. The fourth-order valence-electron chi connectivity index (χ4n) is 4.96. The summed E-state index contributed by atoms with van der Waals surface area (Å²) in [5.74, 6) is 1.94. The van der Waals surface area contributed by atoms with Gasteiger partial charge in [-0.1, -0.05) is 42.0 Å². The van der Waals surface area contributed by atoms with Crippen LogP contribution in [0, 0.1) is 6.92 Å². The number of para-hydroxylation sites is 2. The van der Waals surface area contributed by atoms with E-state index in [0.29, 0.717) is 0 Å². The summed E-state index contributed by atoms with van der Waals surface area (Å²) in [7, 11) is 0. The predicted molar refractivity (Wildman–Crippen MR) is 121 cm³/mol. The van der Waals surface area contributed by atoms with Crippen LogP contribution in [0.2, 0.25) is 0 Å². The van der Waals surface area contributed by atoms with Crippen molar-refractivity contribution in [2.45, 2.75) is 39.0 Å². The number of aryl methyl sites for hydroxylation is 4. The van der Waals surface area contributed by atoms with Gasteiger partial charge in [0.1, 0.15) is 11.3 Å². The molecule has 30 heavy (non-hydrogen) atoms. The van der Waals surface area contributed by atoms with Crippen LogP contribution in [0.4, 0.5) is 17.3 Å². The summed E-state index contributed by atoms with van der Waals surface area (Å²) in [6, 6.07) is 21.7. The lowest BCUT2D eigenvalue weighted by Gasteiger charge is -2.31. The summed E-state index contributed by atoms with van der Waals surface area (Å²) in [6.07, 6.45) is 5.31. The molecule has 0 bridgehead atoms. The Bertz CT molecular complexity index is 1250. The van der Waals surface area contributed by atoms with Crippen LogP contribution < -0.4 is 9.64 Å². The van der Waals surface area contributed by atoms with Gasteiger partial charge in [0.15, 0.2) is 0 Å². The van der Waals surface area contributed by atoms with Crippen molar-refractivity contribution in [1.29, 1.82) is 0 Å². The molecular formula is C27H25NO2. The Morgan fingerprint density at radius 1 is 0.800 bits per heavy atom. The Labute approximate surface area is 176 Å². The lowest BCUT2D eigenvalue weighted by atomic mass is 9.96. The van der Waals surface area contributed by atoms with Crippen molar-refractivity contribution in [1.82, 2.24) is 0 Å². The summed E-state index contributed by atoms with van der Waals surface area (Å²) in [6.45, 7) is 2.92. The number of ether oxygens (including phenoxy) is 1. The molecule has 0 spiro atoms. The van der Waals surface area contributed by atoms with E-state index in [4.69, 9.17) is 9.15 Å². The first-order valence-corrected chi connectivity index (χ1v) is 10.9. The van der Waals surface area contributed by atoms with Crippen molar-refractivity contribution < 1.29 is 9.15 Å². The summed E-state index contributed by atoms with van der Waals surface area (Å²) in [5, 5.41) is 1.24. The maximum absolute atomic E-state index is 6.57. The minimum absolute atomic E-state index is 0.770. The molecule has 0 fully saturated rings. The molecule has 0 saturated carbocycles. The third kappa shape index (κ3) is 2.72. The van der Waals surface area contributed by atoms with Crippen molar-refractivity contribution in [2.75, 3.05) is 11.5 Å². The average Bonchev–Trinajstić information content (AvgIpc) is 3.10. The number of hydrogen-bond acceptors (Lipinski definition) is 3. The standard InChI is InChI=1S/C27H25NO2/c1-18-14-15-25-22(17-18)21-11-4-8-19-7-2-3-12-23(19)28(27(21)30-25)24-13-5-9-20-10-6-16-29-26(20)24/h2-3,5,7,9,12-15,17H,4,6,8,10-11,16H2,1H3. The van der Waals surface area contributed by atoms with Gasteiger partial charge in [-0.3, -0.25) is 4.90 Å². The van der Waals surface area contributed by atoms with Gasteiger partial charge >= 0.3 is 0 Å². The van der Waals surface area contributed by atoms with Crippen LogP contribution in [-0.4, -0.2) is 6.61 Å². The van der Waals surface area contributed by atoms with E-state index >= 15 is 0 Å². The van der Waals surface area contributed by atoms with Gasteiger partial charge in [-0.15, -0.1) is 0 Å². The van der Waals surface area contributed by atoms with E-state index in [-0.39, 0.29) is 0 Å². The van der Waals surface area contributed by atoms with Crippen molar-refractivity contribution in [2.24, 2.45) is 0 Å². The third-order valence-electron chi connectivity index (χ3n) is 6.39. The fraction of sp³-hybridized carbons (Fsp3) is 0.259. The maximum Gasteiger partial charge on any atom is 0.209 e. The Morgan fingerprint density at radius 3 is 2.60 bits per heavy atom. The third-order valence-corrected chi connectivity index (χ3v) is 6.39. The van der Waals surface area contributed by atoms with Crippen molar-refractivity contribution >= 4 is 28.2 Å². The monoisotopic (exact) mass is 395 g/mol. The van der Waals surface area contributed by atoms with Crippen LogP contribution in [0.3, 0.4) is 0 Å². The second-order valence-corrected chi connectivity index (χ2v) is 8.42. The molecule has 1 aromatic heterocycles. The van der Waals surface area contributed by atoms with Crippen LogP contribution in [-0.2, 0) is 19.3 Å². The van der Waals surface area contributed by atoms with Crippen LogP contribution in [0.25, 0.3) is 11.0 Å². The lowest BCUT2D eigenvalue weighted by Crippen LogP contribution is -2.18. The highest BCUT2D eigenvalue weighted by Crippen LogP contribution is 2.49. The van der Waals surface area contributed by atoms with Crippen LogP contribution in [0.5, 0.6) is 5.75 Å². The van der Waals surface area contributed by atoms with E-state index in [2.05, 4.69) is 72.5 Å². The van der Waals surface area contributed by atoms with Gasteiger partial charge in [0.25, 0.3) is 0 Å². The molecule has 4 aromatic rings. The first-order valence-electron chi connectivity index (χ1n) is 10.9. The quantitative estimate of drug-likeness (QED) is 0.346. The van der Waals surface area contributed by atoms with E-state index in [9.17, 15) is 0 Å². The van der Waals surface area contributed by atoms with Gasteiger partial charge in [-0.25, -0.2) is 0 Å². The SMILES string of the molecule is Cc1ccc2oc3c(c2c1)CCCc1ccccc1N3c1cccc2c1OCCC2. The molecule has 0 aliphatic carbocycles. The normalized spacial score (nSPS) is 15.6. The molecule has 0 saturated heterocycles. The molecular weight excluding hydrogens is 370 g/mol. The van der Waals surface area contributed by atoms with E-state index < -0.39 is 0 Å². The van der Waals surface area contributed by atoms with Gasteiger partial charge in [-0.05, 0) is 74.4 Å². The van der Waals surface area contributed by atoms with Crippen LogP contribution in [0.1, 0.15) is 35.1 Å². The smallest absolute Gasteiger partial charge is 0.209 e. The number of rotatable bonds is 1. The lowest BCUT2D eigenvalue weighted by molar-refractivity contribution is 0.289. The number of nitrogens with zero attached hydrogens (tertiary/aromatic N) is 1. The summed E-state index contributed by atoms with van der Waals surface area (Å²) in [5.41, 5.74) is 8.44. The Kier molecular flexibility index (Phi) is 4.08. The van der Waals surface area contributed by atoms with Crippen molar-refractivity contribution in [3.63, 3.8) is 0 Å². The van der Waals surface area contributed by atoms with Gasteiger partial charge in [0, 0.05) is 10.9 Å². The second-order valence-electron chi connectivity index (χ2n) is 8.42. The zero-order valence-electron chi connectivity index (χ0n) is 17.3. The largest absolute Gasteiger partial charge is 0.491 e. The first kappa shape index (κ1) is 17.6. The zero-order chi connectivity index (χ0) is 20.1. The Morgan fingerprint density at radius 2 is 1.63 bits per heavy atom.